The third-order valence-electron chi connectivity index (χ3n) is 3.01. The number of fused-ring (bicyclic) bond motifs is 1. The SMILES string of the molecule is CC1(C)Cc2cc(CNCCCN)ccc2O1. The Balaban J connectivity index is 1.94. The molecule has 1 aromatic rings. The zero-order valence-corrected chi connectivity index (χ0v) is 10.8. The second-order valence-electron chi connectivity index (χ2n) is 5.30. The van der Waals surface area contributed by atoms with E-state index in [1.165, 1.54) is 11.1 Å². The third-order valence-corrected chi connectivity index (χ3v) is 3.01. The van der Waals surface area contributed by atoms with Crippen LogP contribution in [-0.4, -0.2) is 18.7 Å². The summed E-state index contributed by atoms with van der Waals surface area (Å²) in [6, 6.07) is 6.47. The van der Waals surface area contributed by atoms with Gasteiger partial charge < -0.3 is 15.8 Å². The van der Waals surface area contributed by atoms with E-state index in [2.05, 4.69) is 37.4 Å². The van der Waals surface area contributed by atoms with Crippen molar-refractivity contribution in [3.63, 3.8) is 0 Å². The molecule has 0 atom stereocenters. The zero-order chi connectivity index (χ0) is 12.3. The van der Waals surface area contributed by atoms with E-state index in [1.807, 2.05) is 0 Å². The van der Waals surface area contributed by atoms with Crippen molar-refractivity contribution in [2.75, 3.05) is 13.1 Å². The van der Waals surface area contributed by atoms with Gasteiger partial charge in [-0.2, -0.15) is 0 Å². The maximum absolute atomic E-state index is 5.86. The molecule has 0 unspecified atom stereocenters. The summed E-state index contributed by atoms with van der Waals surface area (Å²) in [6.45, 7) is 6.90. The van der Waals surface area contributed by atoms with Crippen LogP contribution in [0.3, 0.4) is 0 Å². The molecule has 0 saturated carbocycles. The van der Waals surface area contributed by atoms with Crippen molar-refractivity contribution < 1.29 is 4.74 Å². The number of benzene rings is 1. The van der Waals surface area contributed by atoms with Crippen molar-refractivity contribution in [2.24, 2.45) is 5.73 Å². The molecule has 0 bridgehead atoms. The Morgan fingerprint density at radius 1 is 1.41 bits per heavy atom. The predicted octanol–water partition coefficient (Wildman–Crippen LogP) is 1.84. The molecule has 1 aromatic carbocycles. The summed E-state index contributed by atoms with van der Waals surface area (Å²) in [6.07, 6.45) is 2.03. The monoisotopic (exact) mass is 234 g/mol. The Labute approximate surface area is 103 Å². The lowest BCUT2D eigenvalue weighted by Crippen LogP contribution is -2.24. The molecule has 3 N–H and O–H groups in total. The van der Waals surface area contributed by atoms with Gasteiger partial charge in [-0.15, -0.1) is 0 Å². The minimum atomic E-state index is -0.0477. The molecule has 2 rings (SSSR count). The first-order chi connectivity index (χ1) is 8.11. The van der Waals surface area contributed by atoms with Gasteiger partial charge in [-0.1, -0.05) is 12.1 Å². The predicted molar refractivity (Wildman–Crippen MR) is 70.2 cm³/mol. The molecular formula is C14H22N2O. The van der Waals surface area contributed by atoms with Gasteiger partial charge >= 0.3 is 0 Å². The Bertz CT molecular complexity index is 388. The maximum Gasteiger partial charge on any atom is 0.123 e. The molecule has 3 nitrogen and oxygen atoms in total. The van der Waals surface area contributed by atoms with Crippen molar-refractivity contribution >= 4 is 0 Å². The largest absolute Gasteiger partial charge is 0.487 e. The molecule has 3 heteroatoms. The van der Waals surface area contributed by atoms with Crippen molar-refractivity contribution in [3.8, 4) is 5.75 Å². The standard InChI is InChI=1S/C14H22N2O/c1-14(2)9-12-8-11(4-5-13(12)17-14)10-16-7-3-6-15/h4-5,8,16H,3,6-7,9-10,15H2,1-2H3. The Morgan fingerprint density at radius 3 is 3.00 bits per heavy atom. The topological polar surface area (TPSA) is 47.3 Å². The summed E-state index contributed by atoms with van der Waals surface area (Å²) in [5.41, 5.74) is 8.06. The van der Waals surface area contributed by atoms with Crippen LogP contribution >= 0.6 is 0 Å². The smallest absolute Gasteiger partial charge is 0.123 e. The molecule has 0 saturated heterocycles. The van der Waals surface area contributed by atoms with Crippen LogP contribution in [0.15, 0.2) is 18.2 Å². The fourth-order valence-corrected chi connectivity index (χ4v) is 2.23. The first-order valence-corrected chi connectivity index (χ1v) is 6.32. The first-order valence-electron chi connectivity index (χ1n) is 6.32. The van der Waals surface area contributed by atoms with Crippen LogP contribution in [0.2, 0.25) is 0 Å². The quantitative estimate of drug-likeness (QED) is 0.764. The molecule has 0 radical (unpaired) electrons. The van der Waals surface area contributed by atoms with E-state index in [0.29, 0.717) is 0 Å². The average molecular weight is 234 g/mol. The van der Waals surface area contributed by atoms with E-state index in [4.69, 9.17) is 10.5 Å². The lowest BCUT2D eigenvalue weighted by molar-refractivity contribution is 0.138. The molecule has 0 aliphatic carbocycles. The highest BCUT2D eigenvalue weighted by Gasteiger charge is 2.29. The highest BCUT2D eigenvalue weighted by Crippen LogP contribution is 2.35. The van der Waals surface area contributed by atoms with Gasteiger partial charge in [0.1, 0.15) is 11.4 Å². The zero-order valence-electron chi connectivity index (χ0n) is 10.8. The summed E-state index contributed by atoms with van der Waals surface area (Å²) in [5, 5.41) is 3.39. The van der Waals surface area contributed by atoms with E-state index in [0.717, 1.165) is 38.2 Å². The van der Waals surface area contributed by atoms with Gasteiger partial charge in [-0.3, -0.25) is 0 Å². The molecule has 0 amide bonds. The maximum atomic E-state index is 5.86. The number of nitrogens with one attached hydrogen (secondary N) is 1. The van der Waals surface area contributed by atoms with Gasteiger partial charge in [0.15, 0.2) is 0 Å². The minimum absolute atomic E-state index is 0.0477. The van der Waals surface area contributed by atoms with Crippen molar-refractivity contribution in [1.29, 1.82) is 0 Å². The van der Waals surface area contributed by atoms with Gasteiger partial charge in [0.25, 0.3) is 0 Å². The van der Waals surface area contributed by atoms with E-state index < -0.39 is 0 Å². The Morgan fingerprint density at radius 2 is 2.24 bits per heavy atom. The lowest BCUT2D eigenvalue weighted by atomic mass is 10.0. The molecule has 1 aliphatic rings. The highest BCUT2D eigenvalue weighted by molar-refractivity contribution is 5.41. The highest BCUT2D eigenvalue weighted by atomic mass is 16.5. The van der Waals surface area contributed by atoms with Gasteiger partial charge in [0, 0.05) is 13.0 Å². The van der Waals surface area contributed by atoms with Crippen LogP contribution < -0.4 is 15.8 Å². The first kappa shape index (κ1) is 12.4. The van der Waals surface area contributed by atoms with Crippen molar-refractivity contribution in [2.45, 2.75) is 38.8 Å². The molecule has 0 spiro atoms. The molecule has 0 fully saturated rings. The van der Waals surface area contributed by atoms with E-state index in [1.54, 1.807) is 0 Å². The second-order valence-corrected chi connectivity index (χ2v) is 5.30. The van der Waals surface area contributed by atoms with E-state index in [9.17, 15) is 0 Å². The number of rotatable bonds is 5. The molecular weight excluding hydrogens is 212 g/mol. The Hall–Kier alpha value is -1.06. The third kappa shape index (κ3) is 3.20. The minimum Gasteiger partial charge on any atom is -0.487 e. The van der Waals surface area contributed by atoms with Gasteiger partial charge in [-0.25, -0.2) is 0 Å². The van der Waals surface area contributed by atoms with Crippen LogP contribution in [0.1, 0.15) is 31.4 Å². The summed E-state index contributed by atoms with van der Waals surface area (Å²) >= 11 is 0. The van der Waals surface area contributed by atoms with Gasteiger partial charge in [0.05, 0.1) is 0 Å². The van der Waals surface area contributed by atoms with Crippen molar-refractivity contribution in [1.82, 2.24) is 5.32 Å². The molecule has 17 heavy (non-hydrogen) atoms. The molecule has 1 aliphatic heterocycles. The summed E-state index contributed by atoms with van der Waals surface area (Å²) in [5.74, 6) is 1.04. The second kappa shape index (κ2) is 5.07. The fraction of sp³-hybridized carbons (Fsp3) is 0.571. The van der Waals surface area contributed by atoms with Crippen LogP contribution in [0, 0.1) is 0 Å². The fourth-order valence-electron chi connectivity index (χ4n) is 2.23. The van der Waals surface area contributed by atoms with Gasteiger partial charge in [-0.05, 0) is 50.6 Å². The van der Waals surface area contributed by atoms with Crippen LogP contribution in [0.25, 0.3) is 0 Å². The van der Waals surface area contributed by atoms with Crippen LogP contribution in [-0.2, 0) is 13.0 Å². The summed E-state index contributed by atoms with van der Waals surface area (Å²) in [4.78, 5) is 0. The average Bonchev–Trinajstić information content (AvgIpc) is 2.57. The van der Waals surface area contributed by atoms with Crippen LogP contribution in [0.4, 0.5) is 0 Å². The van der Waals surface area contributed by atoms with E-state index >= 15 is 0 Å². The van der Waals surface area contributed by atoms with Crippen LogP contribution in [0.5, 0.6) is 5.75 Å². The Kier molecular flexibility index (Phi) is 3.69. The number of hydrogen-bond donors (Lipinski definition) is 2. The van der Waals surface area contributed by atoms with E-state index in [-0.39, 0.29) is 5.60 Å². The number of hydrogen-bond acceptors (Lipinski definition) is 3. The molecule has 0 aromatic heterocycles. The number of nitrogens with two attached hydrogens (primary N) is 1. The number of ether oxygens (including phenoxy) is 1. The molecule has 94 valence electrons. The summed E-state index contributed by atoms with van der Waals surface area (Å²) < 4.78 is 5.86. The normalized spacial score (nSPS) is 16.6. The summed E-state index contributed by atoms with van der Waals surface area (Å²) in [7, 11) is 0. The lowest BCUT2D eigenvalue weighted by Gasteiger charge is -2.16. The molecule has 1 heterocycles. The van der Waals surface area contributed by atoms with Gasteiger partial charge in [0.2, 0.25) is 0 Å². The van der Waals surface area contributed by atoms with Crippen molar-refractivity contribution in [3.05, 3.63) is 29.3 Å².